The molecule has 0 spiro atoms. The Kier molecular flexibility index (Phi) is 6.93. The van der Waals surface area contributed by atoms with Crippen LogP contribution in [0.1, 0.15) is 23.2 Å². The molecule has 0 radical (unpaired) electrons. The van der Waals surface area contributed by atoms with Crippen LogP contribution in [-0.4, -0.2) is 17.0 Å². The molecule has 4 nitrogen and oxygen atoms in total. The molecular weight excluding hydrogens is 403 g/mol. The second-order valence-corrected chi connectivity index (χ2v) is 6.87. The van der Waals surface area contributed by atoms with E-state index in [0.717, 1.165) is 30.5 Å². The van der Waals surface area contributed by atoms with E-state index in [-0.39, 0.29) is 11.3 Å². The monoisotopic (exact) mass is 423 g/mol. The van der Waals surface area contributed by atoms with Gasteiger partial charge in [0.15, 0.2) is 0 Å². The van der Waals surface area contributed by atoms with E-state index in [9.17, 15) is 23.2 Å². The summed E-state index contributed by atoms with van der Waals surface area (Å²) in [5, 5.41) is 12.1. The number of amides is 1. The van der Waals surface area contributed by atoms with Crippen LogP contribution < -0.4 is 5.32 Å². The molecule has 3 rings (SSSR count). The summed E-state index contributed by atoms with van der Waals surface area (Å²) >= 11 is 0. The molecule has 0 unspecified atom stereocenters. The van der Waals surface area contributed by atoms with Gasteiger partial charge in [-0.05, 0) is 54.8 Å². The lowest BCUT2D eigenvalue weighted by atomic mass is 10.1. The third kappa shape index (κ3) is 5.86. The quantitative estimate of drug-likeness (QED) is 0.325. The lowest BCUT2D eigenvalue weighted by molar-refractivity contribution is -0.137. The molecule has 31 heavy (non-hydrogen) atoms. The predicted molar refractivity (Wildman–Crippen MR) is 112 cm³/mol. The molecular formula is C24H20F3N3O. The number of aryl methyl sites for hydroxylation is 1. The van der Waals surface area contributed by atoms with Gasteiger partial charge >= 0.3 is 6.18 Å². The van der Waals surface area contributed by atoms with Crippen molar-refractivity contribution in [1.29, 1.82) is 5.26 Å². The van der Waals surface area contributed by atoms with Crippen LogP contribution in [0.15, 0.2) is 78.5 Å². The van der Waals surface area contributed by atoms with Crippen molar-refractivity contribution in [1.82, 2.24) is 9.88 Å². The van der Waals surface area contributed by atoms with Crippen molar-refractivity contribution < 1.29 is 18.0 Å². The highest BCUT2D eigenvalue weighted by molar-refractivity contribution is 6.01. The molecule has 0 atom stereocenters. The largest absolute Gasteiger partial charge is 0.416 e. The number of alkyl halides is 3. The Morgan fingerprint density at radius 2 is 1.84 bits per heavy atom. The number of hydrogen-bond donors (Lipinski definition) is 1. The molecule has 1 heterocycles. The summed E-state index contributed by atoms with van der Waals surface area (Å²) in [5.74, 6) is -0.521. The van der Waals surface area contributed by atoms with Crippen molar-refractivity contribution in [3.8, 4) is 11.8 Å². The standard InChI is InChI=1S/C24H20F3N3O/c25-24(26,27)20-10-4-11-22(16-20)30-14-6-12-21(30)15-19(17-28)23(31)29-13-5-9-18-7-2-1-3-8-18/h1-4,6-8,10-12,14-16H,5,9,13H2,(H,29,31)/b19-15-. The average molecular weight is 423 g/mol. The number of nitriles is 1. The van der Waals surface area contributed by atoms with Gasteiger partial charge in [-0.15, -0.1) is 0 Å². The van der Waals surface area contributed by atoms with E-state index in [1.54, 1.807) is 18.3 Å². The fraction of sp³-hybridized carbons (Fsp3) is 0.167. The van der Waals surface area contributed by atoms with Gasteiger partial charge in [0.05, 0.1) is 5.56 Å². The van der Waals surface area contributed by atoms with E-state index >= 15 is 0 Å². The van der Waals surface area contributed by atoms with E-state index in [1.807, 2.05) is 36.4 Å². The van der Waals surface area contributed by atoms with Crippen LogP contribution in [-0.2, 0) is 17.4 Å². The number of nitrogens with zero attached hydrogens (tertiary/aromatic N) is 2. The Labute approximate surface area is 178 Å². The first-order valence-corrected chi connectivity index (χ1v) is 9.67. The van der Waals surface area contributed by atoms with Crippen LogP contribution in [0.2, 0.25) is 0 Å². The zero-order chi connectivity index (χ0) is 22.3. The van der Waals surface area contributed by atoms with Gasteiger partial charge in [0.1, 0.15) is 11.6 Å². The molecule has 1 amide bonds. The fourth-order valence-electron chi connectivity index (χ4n) is 3.11. The fourth-order valence-corrected chi connectivity index (χ4v) is 3.11. The first-order chi connectivity index (χ1) is 14.9. The second kappa shape index (κ2) is 9.81. The van der Waals surface area contributed by atoms with Crippen LogP contribution in [0.4, 0.5) is 13.2 Å². The Balaban J connectivity index is 1.70. The summed E-state index contributed by atoms with van der Waals surface area (Å²) in [7, 11) is 0. The maximum atomic E-state index is 13.0. The van der Waals surface area contributed by atoms with Gasteiger partial charge in [-0.25, -0.2) is 0 Å². The van der Waals surface area contributed by atoms with Crippen molar-refractivity contribution >= 4 is 12.0 Å². The van der Waals surface area contributed by atoms with Gasteiger partial charge < -0.3 is 9.88 Å². The summed E-state index contributed by atoms with van der Waals surface area (Å²) in [6, 6.07) is 19.8. The van der Waals surface area contributed by atoms with Gasteiger partial charge in [0, 0.05) is 24.1 Å². The highest BCUT2D eigenvalue weighted by Crippen LogP contribution is 2.30. The maximum Gasteiger partial charge on any atom is 0.416 e. The topological polar surface area (TPSA) is 57.8 Å². The van der Waals surface area contributed by atoms with Crippen LogP contribution in [0.25, 0.3) is 11.8 Å². The Hall–Kier alpha value is -3.79. The first kappa shape index (κ1) is 21.9. The Morgan fingerprint density at radius 1 is 1.06 bits per heavy atom. The number of halogens is 3. The minimum absolute atomic E-state index is 0.119. The third-order valence-electron chi connectivity index (χ3n) is 4.66. The van der Waals surface area contributed by atoms with Gasteiger partial charge in [-0.2, -0.15) is 18.4 Å². The minimum Gasteiger partial charge on any atom is -0.351 e. The molecule has 0 bridgehead atoms. The average Bonchev–Trinajstić information content (AvgIpc) is 3.23. The van der Waals surface area contributed by atoms with E-state index in [4.69, 9.17) is 0 Å². The highest BCUT2D eigenvalue weighted by atomic mass is 19.4. The summed E-state index contributed by atoms with van der Waals surface area (Å²) in [5.41, 5.74) is 0.977. The summed E-state index contributed by atoms with van der Waals surface area (Å²) in [6.07, 6.45) is -0.00230. The normalized spacial score (nSPS) is 11.7. The zero-order valence-corrected chi connectivity index (χ0v) is 16.6. The van der Waals surface area contributed by atoms with E-state index < -0.39 is 17.6 Å². The number of rotatable bonds is 7. The van der Waals surface area contributed by atoms with E-state index in [0.29, 0.717) is 12.2 Å². The van der Waals surface area contributed by atoms with Crippen molar-refractivity contribution in [2.75, 3.05) is 6.54 Å². The lowest BCUT2D eigenvalue weighted by Crippen LogP contribution is -2.26. The molecule has 7 heteroatoms. The Morgan fingerprint density at radius 3 is 2.55 bits per heavy atom. The van der Waals surface area contributed by atoms with Gasteiger partial charge in [-0.3, -0.25) is 4.79 Å². The van der Waals surface area contributed by atoms with E-state index in [1.165, 1.54) is 22.8 Å². The van der Waals surface area contributed by atoms with Crippen molar-refractivity contribution in [3.05, 3.63) is 95.3 Å². The third-order valence-corrected chi connectivity index (χ3v) is 4.66. The van der Waals surface area contributed by atoms with Crippen molar-refractivity contribution in [2.24, 2.45) is 0 Å². The number of nitrogens with one attached hydrogen (secondary N) is 1. The van der Waals surface area contributed by atoms with E-state index in [2.05, 4.69) is 5.32 Å². The molecule has 0 saturated carbocycles. The number of carbonyl (C=O) groups excluding carboxylic acids is 1. The smallest absolute Gasteiger partial charge is 0.351 e. The molecule has 2 aromatic carbocycles. The molecule has 0 saturated heterocycles. The number of carbonyl (C=O) groups is 1. The van der Waals surface area contributed by atoms with Crippen molar-refractivity contribution in [2.45, 2.75) is 19.0 Å². The predicted octanol–water partition coefficient (Wildman–Crippen LogP) is 5.15. The van der Waals surface area contributed by atoms with Gasteiger partial charge in [-0.1, -0.05) is 36.4 Å². The molecule has 3 aromatic rings. The van der Waals surface area contributed by atoms with Crippen LogP contribution >= 0.6 is 0 Å². The molecule has 1 N–H and O–H groups in total. The van der Waals surface area contributed by atoms with Crippen LogP contribution in [0.5, 0.6) is 0 Å². The van der Waals surface area contributed by atoms with Crippen LogP contribution in [0, 0.1) is 11.3 Å². The molecule has 0 aliphatic heterocycles. The SMILES string of the molecule is N#C/C(=C/c1cccn1-c1cccc(C(F)(F)F)c1)C(=O)NCCCc1ccccc1. The molecule has 0 aliphatic carbocycles. The van der Waals surface area contributed by atoms with Gasteiger partial charge in [0.2, 0.25) is 0 Å². The number of benzene rings is 2. The summed E-state index contributed by atoms with van der Waals surface area (Å²) < 4.78 is 40.6. The molecule has 1 aromatic heterocycles. The number of hydrogen-bond acceptors (Lipinski definition) is 2. The summed E-state index contributed by atoms with van der Waals surface area (Å²) in [6.45, 7) is 0.404. The zero-order valence-electron chi connectivity index (χ0n) is 16.6. The Bertz CT molecular complexity index is 1110. The lowest BCUT2D eigenvalue weighted by Gasteiger charge is -2.11. The summed E-state index contributed by atoms with van der Waals surface area (Å²) in [4.78, 5) is 12.4. The maximum absolute atomic E-state index is 13.0. The minimum atomic E-state index is -4.46. The second-order valence-electron chi connectivity index (χ2n) is 6.87. The molecule has 158 valence electrons. The molecule has 0 aliphatic rings. The first-order valence-electron chi connectivity index (χ1n) is 9.67. The van der Waals surface area contributed by atoms with Gasteiger partial charge in [0.25, 0.3) is 5.91 Å². The number of aromatic nitrogens is 1. The van der Waals surface area contributed by atoms with Crippen LogP contribution in [0.3, 0.4) is 0 Å². The molecule has 0 fully saturated rings. The van der Waals surface area contributed by atoms with Crippen molar-refractivity contribution in [3.63, 3.8) is 0 Å². The highest BCUT2D eigenvalue weighted by Gasteiger charge is 2.30.